The number of aliphatic imine (C=N–C) groups is 1. The van der Waals surface area contributed by atoms with Crippen LogP contribution in [0.15, 0.2) is 66.2 Å². The number of nitrogens with one attached hydrogen (secondary N) is 2. The summed E-state index contributed by atoms with van der Waals surface area (Å²) in [5.74, 6) is 0.885. The van der Waals surface area contributed by atoms with Crippen molar-refractivity contribution in [2.45, 2.75) is 26.1 Å². The normalized spacial score (nSPS) is 16.2. The Balaban J connectivity index is 1.48. The van der Waals surface area contributed by atoms with E-state index in [9.17, 15) is 0 Å². The van der Waals surface area contributed by atoms with Crippen LogP contribution < -0.4 is 10.6 Å². The van der Waals surface area contributed by atoms with Gasteiger partial charge in [-0.15, -0.1) is 0 Å². The van der Waals surface area contributed by atoms with Crippen molar-refractivity contribution in [3.8, 4) is 11.1 Å². The minimum Gasteiger partial charge on any atom is -0.352 e. The molecular weight excluding hydrogens is 324 g/mol. The molecule has 0 amide bonds. The number of nitrogens with zero attached hydrogens (tertiary/aromatic N) is 4. The van der Waals surface area contributed by atoms with Gasteiger partial charge in [-0.25, -0.2) is 9.67 Å². The Bertz CT molecular complexity index is 883. The van der Waals surface area contributed by atoms with E-state index in [1.807, 2.05) is 4.68 Å². The molecule has 0 saturated carbocycles. The first-order chi connectivity index (χ1) is 12.8. The summed E-state index contributed by atoms with van der Waals surface area (Å²) in [5, 5.41) is 10.9. The lowest BCUT2D eigenvalue weighted by Crippen LogP contribution is -2.37. The van der Waals surface area contributed by atoms with Gasteiger partial charge in [0.25, 0.3) is 0 Å². The average molecular weight is 346 g/mol. The Labute approximate surface area is 153 Å². The molecular formula is C20H22N6. The molecule has 1 aliphatic rings. The Hall–Kier alpha value is -3.15. The molecule has 0 bridgehead atoms. The molecule has 1 aromatic heterocycles. The predicted octanol–water partition coefficient (Wildman–Crippen LogP) is 2.43. The van der Waals surface area contributed by atoms with E-state index in [1.165, 1.54) is 22.3 Å². The highest BCUT2D eigenvalue weighted by Crippen LogP contribution is 2.24. The first-order valence-electron chi connectivity index (χ1n) is 8.82. The van der Waals surface area contributed by atoms with Gasteiger partial charge >= 0.3 is 0 Å². The van der Waals surface area contributed by atoms with Gasteiger partial charge in [-0.2, -0.15) is 5.10 Å². The van der Waals surface area contributed by atoms with Gasteiger partial charge in [-0.1, -0.05) is 48.5 Å². The highest BCUT2D eigenvalue weighted by atomic mass is 15.3. The van der Waals surface area contributed by atoms with Crippen molar-refractivity contribution in [2.24, 2.45) is 4.99 Å². The monoisotopic (exact) mass is 346 g/mol. The molecule has 0 aliphatic carbocycles. The summed E-state index contributed by atoms with van der Waals surface area (Å²) in [5.41, 5.74) is 4.90. The Morgan fingerprint density at radius 1 is 1.15 bits per heavy atom. The van der Waals surface area contributed by atoms with E-state index < -0.39 is 0 Å². The average Bonchev–Trinajstić information content (AvgIpc) is 3.33. The Kier molecular flexibility index (Phi) is 4.64. The fraction of sp³-hybridized carbons (Fsp3) is 0.250. The van der Waals surface area contributed by atoms with Crippen LogP contribution in [0.4, 0.5) is 0 Å². The molecule has 2 N–H and O–H groups in total. The second kappa shape index (κ2) is 7.39. The standard InChI is InChI=1S/C20H22N6/c1-15-10-22-20(25-15)23-11-18-4-2-3-5-19(18)17-8-6-16(7-9-17)12-26-14-21-13-24-26/h2-9,13-15H,10-12H2,1H3,(H2,22,23,25). The summed E-state index contributed by atoms with van der Waals surface area (Å²) in [7, 11) is 0. The molecule has 6 heteroatoms. The van der Waals surface area contributed by atoms with E-state index in [4.69, 9.17) is 0 Å². The lowest BCUT2D eigenvalue weighted by atomic mass is 9.98. The molecule has 2 aromatic carbocycles. The summed E-state index contributed by atoms with van der Waals surface area (Å²) in [6.45, 7) is 4.44. The third-order valence-corrected chi connectivity index (χ3v) is 4.45. The highest BCUT2D eigenvalue weighted by Gasteiger charge is 2.12. The van der Waals surface area contributed by atoms with Crippen LogP contribution in [0.3, 0.4) is 0 Å². The molecule has 6 nitrogen and oxygen atoms in total. The van der Waals surface area contributed by atoms with Crippen molar-refractivity contribution in [1.82, 2.24) is 25.4 Å². The second-order valence-corrected chi connectivity index (χ2v) is 6.54. The summed E-state index contributed by atoms with van der Waals surface area (Å²) < 4.78 is 1.82. The maximum atomic E-state index is 4.46. The van der Waals surface area contributed by atoms with Crippen LogP contribution in [0.2, 0.25) is 0 Å². The van der Waals surface area contributed by atoms with Gasteiger partial charge in [0.1, 0.15) is 12.7 Å². The first-order valence-corrected chi connectivity index (χ1v) is 8.82. The van der Waals surface area contributed by atoms with Crippen LogP contribution in [-0.2, 0) is 13.1 Å². The van der Waals surface area contributed by atoms with Crippen LogP contribution >= 0.6 is 0 Å². The van der Waals surface area contributed by atoms with Gasteiger partial charge in [-0.3, -0.25) is 4.99 Å². The number of hydrogen-bond acceptors (Lipinski definition) is 5. The minimum absolute atomic E-state index is 0.408. The number of benzene rings is 2. The number of rotatable bonds is 5. The fourth-order valence-corrected chi connectivity index (χ4v) is 3.09. The molecule has 3 aromatic rings. The highest BCUT2D eigenvalue weighted by molar-refractivity contribution is 5.82. The second-order valence-electron chi connectivity index (χ2n) is 6.54. The smallest absolute Gasteiger partial charge is 0.191 e. The molecule has 1 unspecified atom stereocenters. The molecule has 0 saturated heterocycles. The topological polar surface area (TPSA) is 67.1 Å². The van der Waals surface area contributed by atoms with Gasteiger partial charge in [0.2, 0.25) is 0 Å². The van der Waals surface area contributed by atoms with Crippen LogP contribution in [0.5, 0.6) is 0 Å². The zero-order valence-electron chi connectivity index (χ0n) is 14.8. The Morgan fingerprint density at radius 3 is 2.73 bits per heavy atom. The van der Waals surface area contributed by atoms with E-state index in [0.29, 0.717) is 6.04 Å². The fourth-order valence-electron chi connectivity index (χ4n) is 3.09. The molecule has 26 heavy (non-hydrogen) atoms. The van der Waals surface area contributed by atoms with Crippen molar-refractivity contribution in [2.75, 3.05) is 6.54 Å². The third-order valence-electron chi connectivity index (χ3n) is 4.45. The van der Waals surface area contributed by atoms with E-state index in [1.54, 1.807) is 12.7 Å². The van der Waals surface area contributed by atoms with Gasteiger partial charge in [0.05, 0.1) is 13.1 Å². The largest absolute Gasteiger partial charge is 0.352 e. The zero-order valence-corrected chi connectivity index (χ0v) is 14.8. The van der Waals surface area contributed by atoms with Crippen molar-refractivity contribution < 1.29 is 0 Å². The van der Waals surface area contributed by atoms with Crippen LogP contribution in [0.25, 0.3) is 11.1 Å². The zero-order chi connectivity index (χ0) is 17.8. The van der Waals surface area contributed by atoms with Gasteiger partial charge in [0, 0.05) is 12.6 Å². The summed E-state index contributed by atoms with van der Waals surface area (Å²) >= 11 is 0. The molecule has 1 atom stereocenters. The molecule has 2 heterocycles. The van der Waals surface area contributed by atoms with Gasteiger partial charge in [-0.05, 0) is 29.2 Å². The first kappa shape index (κ1) is 16.3. The van der Waals surface area contributed by atoms with E-state index in [2.05, 4.69) is 81.2 Å². The van der Waals surface area contributed by atoms with Crippen molar-refractivity contribution in [3.05, 3.63) is 72.3 Å². The number of hydrogen-bond donors (Lipinski definition) is 2. The maximum Gasteiger partial charge on any atom is 0.191 e. The molecule has 1 aliphatic heterocycles. The third kappa shape index (κ3) is 3.74. The molecule has 0 spiro atoms. The molecule has 132 valence electrons. The maximum absolute atomic E-state index is 4.46. The van der Waals surface area contributed by atoms with E-state index in [0.717, 1.165) is 25.6 Å². The quantitative estimate of drug-likeness (QED) is 0.745. The van der Waals surface area contributed by atoms with Gasteiger partial charge < -0.3 is 10.6 Å². The van der Waals surface area contributed by atoms with E-state index >= 15 is 0 Å². The summed E-state index contributed by atoms with van der Waals surface area (Å²) in [6, 6.07) is 17.5. The molecule has 4 rings (SSSR count). The lowest BCUT2D eigenvalue weighted by molar-refractivity contribution is 0.685. The summed E-state index contributed by atoms with van der Waals surface area (Å²) in [6.07, 6.45) is 3.29. The van der Waals surface area contributed by atoms with Crippen LogP contribution in [0.1, 0.15) is 18.1 Å². The Morgan fingerprint density at radius 2 is 2.00 bits per heavy atom. The van der Waals surface area contributed by atoms with Crippen molar-refractivity contribution >= 4 is 5.96 Å². The van der Waals surface area contributed by atoms with Gasteiger partial charge in [0.15, 0.2) is 5.96 Å². The SMILES string of the molecule is CC1CN=C(NCc2ccccc2-c2ccc(Cn3cncn3)cc2)N1. The predicted molar refractivity (Wildman–Crippen MR) is 103 cm³/mol. The van der Waals surface area contributed by atoms with Crippen molar-refractivity contribution in [1.29, 1.82) is 0 Å². The number of aromatic nitrogens is 3. The number of guanidine groups is 1. The van der Waals surface area contributed by atoms with Crippen LogP contribution in [-0.4, -0.2) is 33.3 Å². The van der Waals surface area contributed by atoms with E-state index in [-0.39, 0.29) is 0 Å². The lowest BCUT2D eigenvalue weighted by Gasteiger charge is -2.13. The minimum atomic E-state index is 0.408. The molecule has 0 radical (unpaired) electrons. The molecule has 0 fully saturated rings. The van der Waals surface area contributed by atoms with Crippen molar-refractivity contribution in [3.63, 3.8) is 0 Å². The summed E-state index contributed by atoms with van der Waals surface area (Å²) in [4.78, 5) is 8.45. The van der Waals surface area contributed by atoms with Crippen LogP contribution in [0, 0.1) is 0 Å².